The highest BCUT2D eigenvalue weighted by Crippen LogP contribution is 2.30. The lowest BCUT2D eigenvalue weighted by molar-refractivity contribution is -0.108. The molecule has 4 heteroatoms. The normalized spacial score (nSPS) is 10.1. The molecule has 0 fully saturated rings. The third kappa shape index (κ3) is 1.46. The summed E-state index contributed by atoms with van der Waals surface area (Å²) in [7, 11) is 0. The summed E-state index contributed by atoms with van der Waals surface area (Å²) in [5.41, 5.74) is 1.95. The van der Waals surface area contributed by atoms with E-state index >= 15 is 0 Å². The number of rotatable bonds is 3. The van der Waals surface area contributed by atoms with E-state index in [1.54, 1.807) is 18.3 Å². The van der Waals surface area contributed by atoms with E-state index in [2.05, 4.69) is 16.9 Å². The number of phenolic OH excluding ortho intramolecular Hbond substituents is 1. The van der Waals surface area contributed by atoms with E-state index in [9.17, 15) is 9.90 Å². The van der Waals surface area contributed by atoms with Gasteiger partial charge in [-0.25, -0.2) is 0 Å². The summed E-state index contributed by atoms with van der Waals surface area (Å²) in [5.74, 6) is 0.164. The van der Waals surface area contributed by atoms with Crippen molar-refractivity contribution >= 4 is 23.0 Å². The molecule has 0 saturated carbocycles. The van der Waals surface area contributed by atoms with Crippen molar-refractivity contribution in [3.8, 4) is 5.75 Å². The first-order chi connectivity index (χ1) is 7.24. The minimum Gasteiger partial charge on any atom is -0.507 e. The summed E-state index contributed by atoms with van der Waals surface area (Å²) in [6.45, 7) is 3.70. The van der Waals surface area contributed by atoms with Gasteiger partial charge in [-0.3, -0.25) is 4.79 Å². The van der Waals surface area contributed by atoms with Gasteiger partial charge < -0.3 is 15.4 Å². The molecule has 0 spiro atoms. The summed E-state index contributed by atoms with van der Waals surface area (Å²) in [5, 5.41) is 12.8. The van der Waals surface area contributed by atoms with E-state index in [0.717, 1.165) is 5.52 Å². The Morgan fingerprint density at radius 3 is 3.07 bits per heavy atom. The van der Waals surface area contributed by atoms with E-state index in [-0.39, 0.29) is 5.75 Å². The highest BCUT2D eigenvalue weighted by Gasteiger charge is 2.09. The zero-order valence-corrected chi connectivity index (χ0v) is 7.95. The fraction of sp³-hybridized carbons (Fsp3) is 0. The fourth-order valence-electron chi connectivity index (χ4n) is 1.55. The van der Waals surface area contributed by atoms with Crippen LogP contribution in [0.2, 0.25) is 0 Å². The second-order valence-corrected chi connectivity index (χ2v) is 3.14. The molecule has 0 unspecified atom stereocenters. The third-order valence-electron chi connectivity index (χ3n) is 2.24. The molecule has 76 valence electrons. The fourth-order valence-corrected chi connectivity index (χ4v) is 1.55. The number of aromatic nitrogens is 1. The number of hydrogen-bond donors (Lipinski definition) is 3. The summed E-state index contributed by atoms with van der Waals surface area (Å²) in [4.78, 5) is 13.3. The second kappa shape index (κ2) is 3.49. The number of phenols is 1. The smallest absolute Gasteiger partial charge is 0.211 e. The van der Waals surface area contributed by atoms with E-state index < -0.39 is 0 Å². The third-order valence-corrected chi connectivity index (χ3v) is 2.24. The Labute approximate surface area is 86.2 Å². The van der Waals surface area contributed by atoms with Crippen LogP contribution in [0, 0.1) is 0 Å². The van der Waals surface area contributed by atoms with Crippen molar-refractivity contribution in [2.24, 2.45) is 0 Å². The number of nitrogens with one attached hydrogen (secondary N) is 2. The van der Waals surface area contributed by atoms with Gasteiger partial charge >= 0.3 is 0 Å². The lowest BCUT2D eigenvalue weighted by Crippen LogP contribution is -2.06. The Balaban J connectivity index is 2.62. The van der Waals surface area contributed by atoms with E-state index in [4.69, 9.17) is 0 Å². The number of fused-ring (bicyclic) bond motifs is 1. The SMILES string of the molecule is C=C(NC=O)c1c[nH]c2cccc(O)c12. The van der Waals surface area contributed by atoms with Crippen molar-refractivity contribution in [2.75, 3.05) is 0 Å². The second-order valence-electron chi connectivity index (χ2n) is 3.14. The van der Waals surface area contributed by atoms with Crippen LogP contribution in [0.4, 0.5) is 0 Å². The molecule has 2 rings (SSSR count). The van der Waals surface area contributed by atoms with Crippen LogP contribution < -0.4 is 5.32 Å². The molecule has 0 aliphatic rings. The molecule has 4 nitrogen and oxygen atoms in total. The van der Waals surface area contributed by atoms with Crippen molar-refractivity contribution in [3.63, 3.8) is 0 Å². The van der Waals surface area contributed by atoms with Gasteiger partial charge in [-0.1, -0.05) is 12.6 Å². The van der Waals surface area contributed by atoms with Crippen LogP contribution in [0.3, 0.4) is 0 Å². The van der Waals surface area contributed by atoms with Crippen LogP contribution in [0.1, 0.15) is 5.56 Å². The topological polar surface area (TPSA) is 65.1 Å². The summed E-state index contributed by atoms with van der Waals surface area (Å²) in [6.07, 6.45) is 2.25. The van der Waals surface area contributed by atoms with Crippen molar-refractivity contribution in [2.45, 2.75) is 0 Å². The lowest BCUT2D eigenvalue weighted by atomic mass is 10.1. The number of aromatic amines is 1. The molecule has 1 heterocycles. The van der Waals surface area contributed by atoms with E-state index in [1.165, 1.54) is 0 Å². The van der Waals surface area contributed by atoms with Gasteiger partial charge in [-0.15, -0.1) is 0 Å². The van der Waals surface area contributed by atoms with Gasteiger partial charge in [0.15, 0.2) is 0 Å². The largest absolute Gasteiger partial charge is 0.507 e. The minimum absolute atomic E-state index is 0.164. The predicted molar refractivity (Wildman–Crippen MR) is 58.2 cm³/mol. The zero-order chi connectivity index (χ0) is 10.8. The van der Waals surface area contributed by atoms with E-state index in [1.807, 2.05) is 6.07 Å². The molecule has 15 heavy (non-hydrogen) atoms. The Kier molecular flexibility index (Phi) is 2.17. The molecule has 0 bridgehead atoms. The lowest BCUT2D eigenvalue weighted by Gasteiger charge is -2.02. The van der Waals surface area contributed by atoms with Gasteiger partial charge in [-0.05, 0) is 12.1 Å². The first-order valence-electron chi connectivity index (χ1n) is 4.42. The van der Waals surface area contributed by atoms with Gasteiger partial charge in [0.25, 0.3) is 0 Å². The quantitative estimate of drug-likeness (QED) is 0.662. The minimum atomic E-state index is 0.164. The van der Waals surface area contributed by atoms with Crippen molar-refractivity contribution in [1.29, 1.82) is 0 Å². The maximum atomic E-state index is 10.3. The Hall–Kier alpha value is -2.23. The molecular weight excluding hydrogens is 192 g/mol. The van der Waals surface area contributed by atoms with Crippen LogP contribution in [0.5, 0.6) is 5.75 Å². The molecule has 0 saturated heterocycles. The zero-order valence-electron chi connectivity index (χ0n) is 7.95. The highest BCUT2D eigenvalue weighted by atomic mass is 16.3. The number of benzene rings is 1. The molecule has 3 N–H and O–H groups in total. The molecule has 0 atom stereocenters. The molecule has 1 aromatic carbocycles. The van der Waals surface area contributed by atoms with Gasteiger partial charge in [0.1, 0.15) is 5.75 Å². The number of carbonyl (C=O) groups excluding carboxylic acids is 1. The number of aromatic hydroxyl groups is 1. The number of amides is 1. The van der Waals surface area contributed by atoms with Crippen LogP contribution in [-0.2, 0) is 4.79 Å². The molecule has 0 radical (unpaired) electrons. The number of carbonyl (C=O) groups is 1. The highest BCUT2D eigenvalue weighted by molar-refractivity contribution is 5.97. The standard InChI is InChI=1S/C11H10N2O2/c1-7(13-6-14)8-5-12-9-3-2-4-10(15)11(8)9/h2-6,12,15H,1H2,(H,13,14). The van der Waals surface area contributed by atoms with Gasteiger partial charge in [0, 0.05) is 23.0 Å². The monoisotopic (exact) mass is 202 g/mol. The first-order valence-corrected chi connectivity index (χ1v) is 4.42. The molecule has 0 aliphatic heterocycles. The summed E-state index contributed by atoms with van der Waals surface area (Å²) in [6, 6.07) is 5.18. The van der Waals surface area contributed by atoms with Gasteiger partial charge in [-0.2, -0.15) is 0 Å². The maximum Gasteiger partial charge on any atom is 0.211 e. The van der Waals surface area contributed by atoms with Crippen molar-refractivity contribution in [3.05, 3.63) is 36.5 Å². The summed E-state index contributed by atoms with van der Waals surface area (Å²) < 4.78 is 0. The van der Waals surface area contributed by atoms with Gasteiger partial charge in [0.2, 0.25) is 6.41 Å². The Morgan fingerprint density at radius 1 is 1.53 bits per heavy atom. The molecule has 1 amide bonds. The van der Waals surface area contributed by atoms with Crippen LogP contribution >= 0.6 is 0 Å². The average molecular weight is 202 g/mol. The van der Waals surface area contributed by atoms with Crippen molar-refractivity contribution < 1.29 is 9.90 Å². The van der Waals surface area contributed by atoms with E-state index in [0.29, 0.717) is 23.1 Å². The van der Waals surface area contributed by atoms with Crippen LogP contribution in [-0.4, -0.2) is 16.5 Å². The summed E-state index contributed by atoms with van der Waals surface area (Å²) >= 11 is 0. The molecule has 2 aromatic rings. The number of H-pyrrole nitrogens is 1. The van der Waals surface area contributed by atoms with Crippen molar-refractivity contribution in [1.82, 2.24) is 10.3 Å². The molecular formula is C11H10N2O2. The van der Waals surface area contributed by atoms with Crippen LogP contribution in [0.25, 0.3) is 16.6 Å². The average Bonchev–Trinajstić information content (AvgIpc) is 2.63. The maximum absolute atomic E-state index is 10.3. The van der Waals surface area contributed by atoms with Gasteiger partial charge in [0.05, 0.1) is 5.39 Å². The molecule has 1 aromatic heterocycles. The Morgan fingerprint density at radius 2 is 2.33 bits per heavy atom. The first kappa shape index (κ1) is 9.33. The van der Waals surface area contributed by atoms with Crippen LogP contribution in [0.15, 0.2) is 31.0 Å². The predicted octanol–water partition coefficient (Wildman–Crippen LogP) is 1.59. The molecule has 0 aliphatic carbocycles. The number of hydrogen-bond acceptors (Lipinski definition) is 2. The Bertz CT molecular complexity index is 528.